The summed E-state index contributed by atoms with van der Waals surface area (Å²) >= 11 is 5.38. The number of aromatic amines is 1. The maximum Gasteiger partial charge on any atom is 0.178 e. The second-order valence-electron chi connectivity index (χ2n) is 4.95. The lowest BCUT2D eigenvalue weighted by atomic mass is 10.1. The summed E-state index contributed by atoms with van der Waals surface area (Å²) < 4.78 is 8.34. The Morgan fingerprint density at radius 1 is 1.41 bits per heavy atom. The van der Waals surface area contributed by atoms with Crippen molar-refractivity contribution in [3.63, 3.8) is 0 Å². The molecule has 1 aromatic carbocycles. The van der Waals surface area contributed by atoms with Crippen LogP contribution in [-0.2, 0) is 11.3 Å². The lowest BCUT2D eigenvalue weighted by Crippen LogP contribution is -2.29. The Labute approximate surface area is 106 Å². The number of hydrogen-bond acceptors (Lipinski definition) is 2. The first kappa shape index (κ1) is 12.3. The molecule has 92 valence electrons. The summed E-state index contributed by atoms with van der Waals surface area (Å²) in [6.45, 7) is 6.96. The van der Waals surface area contributed by atoms with Crippen LogP contribution in [0.4, 0.5) is 0 Å². The predicted octanol–water partition coefficient (Wildman–Crippen LogP) is 3.43. The maximum atomic E-state index is 5.47. The number of aryl methyl sites for hydroxylation is 1. The smallest absolute Gasteiger partial charge is 0.178 e. The van der Waals surface area contributed by atoms with Gasteiger partial charge in [-0.15, -0.1) is 0 Å². The molecule has 4 heteroatoms. The number of methoxy groups -OCH3 is 1. The molecule has 0 radical (unpaired) electrons. The molecule has 0 spiro atoms. The predicted molar refractivity (Wildman–Crippen MR) is 72.9 cm³/mol. The van der Waals surface area contributed by atoms with E-state index >= 15 is 0 Å². The van der Waals surface area contributed by atoms with Gasteiger partial charge in [0.05, 0.1) is 23.2 Å². The second-order valence-corrected chi connectivity index (χ2v) is 5.34. The standard InChI is InChI=1S/C13H18N2OS/c1-9-6-5-7-10-11(9)15(12(17)14-10)8-13(2,3)16-4/h5-7H,8H2,1-4H3,(H,14,17). The minimum Gasteiger partial charge on any atom is -0.377 e. The number of H-pyrrole nitrogens is 1. The van der Waals surface area contributed by atoms with Crippen molar-refractivity contribution >= 4 is 23.3 Å². The molecule has 1 N–H and O–H groups in total. The lowest BCUT2D eigenvalue weighted by molar-refractivity contribution is 0.00872. The molecule has 0 aliphatic rings. The average molecular weight is 250 g/mol. The van der Waals surface area contributed by atoms with Crippen LogP contribution in [0.1, 0.15) is 19.4 Å². The van der Waals surface area contributed by atoms with Gasteiger partial charge in [0, 0.05) is 7.11 Å². The van der Waals surface area contributed by atoms with E-state index < -0.39 is 0 Å². The van der Waals surface area contributed by atoms with Gasteiger partial charge in [-0.3, -0.25) is 0 Å². The summed E-state index contributed by atoms with van der Waals surface area (Å²) in [4.78, 5) is 3.24. The van der Waals surface area contributed by atoms with Gasteiger partial charge >= 0.3 is 0 Å². The van der Waals surface area contributed by atoms with Gasteiger partial charge in [-0.2, -0.15) is 0 Å². The Balaban J connectivity index is 2.61. The minimum atomic E-state index is -0.227. The fourth-order valence-electron chi connectivity index (χ4n) is 2.00. The number of aromatic nitrogens is 2. The number of hydrogen-bond donors (Lipinski definition) is 1. The van der Waals surface area contributed by atoms with Crippen molar-refractivity contribution in [1.29, 1.82) is 0 Å². The van der Waals surface area contributed by atoms with Crippen LogP contribution in [0.2, 0.25) is 0 Å². The van der Waals surface area contributed by atoms with Gasteiger partial charge in [-0.1, -0.05) is 12.1 Å². The number of rotatable bonds is 3. The zero-order valence-electron chi connectivity index (χ0n) is 10.7. The molecule has 2 aromatic rings. The SMILES string of the molecule is COC(C)(C)Cn1c(=S)[nH]c2cccc(C)c21. The van der Waals surface area contributed by atoms with Crippen molar-refractivity contribution in [1.82, 2.24) is 9.55 Å². The highest BCUT2D eigenvalue weighted by atomic mass is 32.1. The van der Waals surface area contributed by atoms with Gasteiger partial charge in [-0.05, 0) is 44.6 Å². The van der Waals surface area contributed by atoms with Gasteiger partial charge in [0.2, 0.25) is 0 Å². The Kier molecular flexibility index (Phi) is 3.10. The maximum absolute atomic E-state index is 5.47. The third-order valence-electron chi connectivity index (χ3n) is 3.09. The average Bonchev–Trinajstić information content (AvgIpc) is 2.56. The van der Waals surface area contributed by atoms with Crippen molar-refractivity contribution in [2.24, 2.45) is 0 Å². The van der Waals surface area contributed by atoms with Crippen molar-refractivity contribution in [2.75, 3.05) is 7.11 Å². The third kappa shape index (κ3) is 2.28. The summed E-state index contributed by atoms with van der Waals surface area (Å²) in [6, 6.07) is 6.18. The number of benzene rings is 1. The molecule has 2 rings (SSSR count). The molecule has 0 bridgehead atoms. The van der Waals surface area contributed by atoms with E-state index in [-0.39, 0.29) is 5.60 Å². The van der Waals surface area contributed by atoms with E-state index in [1.54, 1.807) is 7.11 Å². The molecule has 1 aromatic heterocycles. The number of nitrogens with zero attached hydrogens (tertiary/aromatic N) is 1. The quantitative estimate of drug-likeness (QED) is 0.846. The molecule has 0 fully saturated rings. The van der Waals surface area contributed by atoms with Crippen LogP contribution in [-0.4, -0.2) is 22.3 Å². The van der Waals surface area contributed by atoms with Crippen molar-refractivity contribution in [3.05, 3.63) is 28.5 Å². The number of nitrogens with one attached hydrogen (secondary N) is 1. The third-order valence-corrected chi connectivity index (χ3v) is 3.41. The second kappa shape index (κ2) is 4.27. The summed E-state index contributed by atoms with van der Waals surface area (Å²) in [5.41, 5.74) is 3.25. The summed E-state index contributed by atoms with van der Waals surface area (Å²) in [5.74, 6) is 0. The summed E-state index contributed by atoms with van der Waals surface area (Å²) in [7, 11) is 1.73. The molecule has 0 aliphatic carbocycles. The monoisotopic (exact) mass is 250 g/mol. The largest absolute Gasteiger partial charge is 0.377 e. The van der Waals surface area contributed by atoms with E-state index in [0.29, 0.717) is 0 Å². The molecule has 0 saturated carbocycles. The number of para-hydroxylation sites is 1. The van der Waals surface area contributed by atoms with Gasteiger partial charge in [0.25, 0.3) is 0 Å². The topological polar surface area (TPSA) is 29.9 Å². The Bertz CT molecular complexity index is 595. The van der Waals surface area contributed by atoms with E-state index in [1.165, 1.54) is 11.1 Å². The molecule has 0 atom stereocenters. The first-order chi connectivity index (χ1) is 7.94. The number of ether oxygens (including phenoxy) is 1. The Morgan fingerprint density at radius 2 is 2.12 bits per heavy atom. The van der Waals surface area contributed by atoms with Gasteiger partial charge < -0.3 is 14.3 Å². The van der Waals surface area contributed by atoms with E-state index in [2.05, 4.69) is 42.5 Å². The zero-order valence-corrected chi connectivity index (χ0v) is 11.5. The molecule has 3 nitrogen and oxygen atoms in total. The van der Waals surface area contributed by atoms with E-state index in [1.807, 2.05) is 6.07 Å². The first-order valence-corrected chi connectivity index (χ1v) is 6.09. The van der Waals surface area contributed by atoms with Gasteiger partial charge in [-0.25, -0.2) is 0 Å². The molecule has 1 heterocycles. The van der Waals surface area contributed by atoms with Crippen LogP contribution in [0, 0.1) is 11.7 Å². The highest BCUT2D eigenvalue weighted by Gasteiger charge is 2.19. The highest BCUT2D eigenvalue weighted by molar-refractivity contribution is 7.71. The van der Waals surface area contributed by atoms with Crippen LogP contribution >= 0.6 is 12.2 Å². The van der Waals surface area contributed by atoms with Crippen molar-refractivity contribution in [2.45, 2.75) is 32.9 Å². The summed E-state index contributed by atoms with van der Waals surface area (Å²) in [5, 5.41) is 0. The minimum absolute atomic E-state index is 0.227. The fraction of sp³-hybridized carbons (Fsp3) is 0.462. The molecule has 17 heavy (non-hydrogen) atoms. The first-order valence-electron chi connectivity index (χ1n) is 5.68. The van der Waals surface area contributed by atoms with Crippen LogP contribution in [0.15, 0.2) is 18.2 Å². The Morgan fingerprint density at radius 3 is 2.76 bits per heavy atom. The zero-order chi connectivity index (χ0) is 12.6. The van der Waals surface area contributed by atoms with Crippen molar-refractivity contribution in [3.8, 4) is 0 Å². The molecule has 0 aliphatic heterocycles. The number of imidazole rings is 1. The Hall–Kier alpha value is -1.13. The highest BCUT2D eigenvalue weighted by Crippen LogP contribution is 2.21. The van der Waals surface area contributed by atoms with Gasteiger partial charge in [0.15, 0.2) is 4.77 Å². The van der Waals surface area contributed by atoms with Crippen molar-refractivity contribution < 1.29 is 4.74 Å². The van der Waals surface area contributed by atoms with E-state index in [4.69, 9.17) is 17.0 Å². The molecule has 0 amide bonds. The van der Waals surface area contributed by atoms with Gasteiger partial charge in [0.1, 0.15) is 0 Å². The lowest BCUT2D eigenvalue weighted by Gasteiger charge is -2.24. The molecule has 0 saturated heterocycles. The van der Waals surface area contributed by atoms with Crippen LogP contribution in [0.25, 0.3) is 11.0 Å². The molecular formula is C13H18N2OS. The van der Waals surface area contributed by atoms with E-state index in [0.717, 1.165) is 16.8 Å². The number of fused-ring (bicyclic) bond motifs is 1. The summed E-state index contributed by atoms with van der Waals surface area (Å²) in [6.07, 6.45) is 0. The van der Waals surface area contributed by atoms with Crippen LogP contribution in [0.5, 0.6) is 0 Å². The van der Waals surface area contributed by atoms with Crippen LogP contribution < -0.4 is 0 Å². The fourth-order valence-corrected chi connectivity index (χ4v) is 2.26. The van der Waals surface area contributed by atoms with Crippen LogP contribution in [0.3, 0.4) is 0 Å². The normalized spacial score (nSPS) is 12.2. The molecule has 0 unspecified atom stereocenters. The van der Waals surface area contributed by atoms with E-state index in [9.17, 15) is 0 Å². The molecular weight excluding hydrogens is 232 g/mol.